The van der Waals surface area contributed by atoms with E-state index >= 15 is 0 Å². The third kappa shape index (κ3) is 6.29. The molecule has 2 rings (SSSR count). The highest BCUT2D eigenvalue weighted by Crippen LogP contribution is 2.27. The number of anilines is 2. The Labute approximate surface area is 146 Å². The van der Waals surface area contributed by atoms with E-state index in [-0.39, 0.29) is 12.0 Å². The van der Waals surface area contributed by atoms with E-state index in [1.165, 1.54) is 5.56 Å². The molecule has 0 bridgehead atoms. The van der Waals surface area contributed by atoms with Crippen LogP contribution in [0.5, 0.6) is 0 Å². The van der Waals surface area contributed by atoms with Crippen LogP contribution in [0.15, 0.2) is 16.8 Å². The van der Waals surface area contributed by atoms with Gasteiger partial charge in [0, 0.05) is 13.0 Å². The van der Waals surface area contributed by atoms with Gasteiger partial charge in [-0.1, -0.05) is 0 Å². The Balaban J connectivity index is 2.02. The number of hydrogen-bond donors (Lipinski definition) is 2. The predicted octanol–water partition coefficient (Wildman–Crippen LogP) is 3.73. The number of nitrogens with one attached hydrogen (secondary N) is 2. The molecule has 1 amide bonds. The number of carbonyl (C=O) groups is 1. The van der Waals surface area contributed by atoms with Crippen molar-refractivity contribution in [2.24, 2.45) is 0 Å². The van der Waals surface area contributed by atoms with Crippen molar-refractivity contribution in [2.75, 3.05) is 10.6 Å². The summed E-state index contributed by atoms with van der Waals surface area (Å²) >= 11 is 1.63. The van der Waals surface area contributed by atoms with E-state index in [1.54, 1.807) is 11.3 Å². The normalized spacial score (nSPS) is 12.7. The van der Waals surface area contributed by atoms with Crippen molar-refractivity contribution in [3.8, 4) is 0 Å². The number of carbonyl (C=O) groups excluding carboxylic acids is 1. The van der Waals surface area contributed by atoms with Crippen LogP contribution in [-0.2, 0) is 17.4 Å². The van der Waals surface area contributed by atoms with Gasteiger partial charge in [-0.2, -0.15) is 39.5 Å². The summed E-state index contributed by atoms with van der Waals surface area (Å²) in [7, 11) is 0. The van der Waals surface area contributed by atoms with Gasteiger partial charge in [0.25, 0.3) is 0 Å². The molecule has 1 unspecified atom stereocenters. The summed E-state index contributed by atoms with van der Waals surface area (Å²) in [4.78, 5) is 21.5. The second-order valence-electron chi connectivity index (χ2n) is 5.55. The summed E-state index contributed by atoms with van der Waals surface area (Å²) in [5.41, 5.74) is 1.24. The second-order valence-corrected chi connectivity index (χ2v) is 6.33. The summed E-state index contributed by atoms with van der Waals surface area (Å²) in [5, 5.41) is 9.06. The van der Waals surface area contributed by atoms with Gasteiger partial charge < -0.3 is 5.32 Å². The minimum absolute atomic E-state index is 0.132. The molecule has 0 aliphatic heterocycles. The molecule has 0 saturated heterocycles. The fourth-order valence-corrected chi connectivity index (χ4v) is 2.82. The first-order valence-electron chi connectivity index (χ1n) is 7.62. The first-order chi connectivity index (χ1) is 11.7. The number of alkyl halides is 3. The Morgan fingerprint density at radius 1 is 1.28 bits per heavy atom. The molecule has 2 aromatic rings. The lowest BCUT2D eigenvalue weighted by molar-refractivity contribution is -0.145. The zero-order valence-corrected chi connectivity index (χ0v) is 14.5. The molecule has 2 heterocycles. The Bertz CT molecular complexity index is 706. The first kappa shape index (κ1) is 19.1. The lowest BCUT2D eigenvalue weighted by Gasteiger charge is -2.15. The zero-order valence-electron chi connectivity index (χ0n) is 13.7. The second kappa shape index (κ2) is 8.24. The summed E-state index contributed by atoms with van der Waals surface area (Å²) < 4.78 is 38.7. The van der Waals surface area contributed by atoms with Crippen molar-refractivity contribution in [3.63, 3.8) is 0 Å². The fourth-order valence-electron chi connectivity index (χ4n) is 2.12. The average Bonchev–Trinajstić information content (AvgIpc) is 2.98. The maximum Gasteiger partial charge on any atom is 0.451 e. The lowest BCUT2D eigenvalue weighted by atomic mass is 10.1. The molecule has 2 aromatic heterocycles. The molecule has 0 spiro atoms. The molecule has 25 heavy (non-hydrogen) atoms. The molecule has 0 aliphatic carbocycles. The average molecular weight is 373 g/mol. The number of halogens is 3. The quantitative estimate of drug-likeness (QED) is 0.773. The van der Waals surface area contributed by atoms with E-state index < -0.39 is 23.9 Å². The summed E-state index contributed by atoms with van der Waals surface area (Å²) in [6.07, 6.45) is -2.22. The topological polar surface area (TPSA) is 79.8 Å². The molecule has 1 atom stereocenters. The van der Waals surface area contributed by atoms with Crippen LogP contribution >= 0.6 is 11.3 Å². The molecule has 0 saturated carbocycles. The largest absolute Gasteiger partial charge is 0.451 e. The van der Waals surface area contributed by atoms with Crippen molar-refractivity contribution in [2.45, 2.75) is 45.3 Å². The van der Waals surface area contributed by atoms with E-state index in [1.807, 2.05) is 18.4 Å². The number of aromatic nitrogens is 3. The van der Waals surface area contributed by atoms with Crippen LogP contribution < -0.4 is 10.6 Å². The van der Waals surface area contributed by atoms with Crippen LogP contribution in [0, 0.1) is 0 Å². The molecular formula is C15H18F3N5OS. The molecule has 0 fully saturated rings. The van der Waals surface area contributed by atoms with E-state index in [4.69, 9.17) is 0 Å². The number of nitrogens with zero attached hydrogens (tertiary/aromatic N) is 3. The molecule has 0 aromatic carbocycles. The third-order valence-electron chi connectivity index (χ3n) is 3.23. The van der Waals surface area contributed by atoms with Crippen LogP contribution in [-0.4, -0.2) is 26.9 Å². The maximum absolute atomic E-state index is 12.9. The van der Waals surface area contributed by atoms with Crippen LogP contribution in [0.3, 0.4) is 0 Å². The van der Waals surface area contributed by atoms with E-state index in [0.717, 1.165) is 26.2 Å². The Morgan fingerprint density at radius 2 is 2.00 bits per heavy atom. The zero-order chi connectivity index (χ0) is 18.4. The van der Waals surface area contributed by atoms with E-state index in [0.29, 0.717) is 0 Å². The summed E-state index contributed by atoms with van der Waals surface area (Å²) in [6, 6.07) is 1.91. The van der Waals surface area contributed by atoms with Gasteiger partial charge in [-0.15, -0.1) is 0 Å². The fraction of sp³-hybridized carbons (Fsp3) is 0.467. The third-order valence-corrected chi connectivity index (χ3v) is 3.97. The van der Waals surface area contributed by atoms with Gasteiger partial charge in [-0.05, 0) is 48.6 Å². The van der Waals surface area contributed by atoms with Gasteiger partial charge in [0.1, 0.15) is 0 Å². The highest BCUT2D eigenvalue weighted by atomic mass is 32.1. The van der Waals surface area contributed by atoms with Crippen LogP contribution in [0.1, 0.15) is 38.1 Å². The minimum Gasteiger partial charge on any atom is -0.352 e. The lowest BCUT2D eigenvalue weighted by Crippen LogP contribution is -2.22. The standard InChI is InChI=1S/C15H18F3N5OS/c1-9(4-3-5-11-6-7-25-8-11)19-13-21-12(15(16,17)18)22-14(23-13)20-10(2)24/h6-9H,3-5H2,1-2H3,(H2,19,20,21,22,23,24). The number of thiophene rings is 1. The predicted molar refractivity (Wildman–Crippen MR) is 89.5 cm³/mol. The maximum atomic E-state index is 12.9. The molecule has 10 heteroatoms. The van der Waals surface area contributed by atoms with Crippen LogP contribution in [0.25, 0.3) is 0 Å². The molecular weight excluding hydrogens is 355 g/mol. The van der Waals surface area contributed by atoms with Gasteiger partial charge in [0.05, 0.1) is 0 Å². The highest BCUT2D eigenvalue weighted by molar-refractivity contribution is 7.07. The molecule has 0 aliphatic rings. The Kier molecular flexibility index (Phi) is 6.29. The van der Waals surface area contributed by atoms with Gasteiger partial charge in [0.2, 0.25) is 23.6 Å². The SMILES string of the molecule is CC(=O)Nc1nc(NC(C)CCCc2ccsc2)nc(C(F)(F)F)n1. The monoisotopic (exact) mass is 373 g/mol. The molecule has 136 valence electrons. The number of hydrogen-bond acceptors (Lipinski definition) is 6. The highest BCUT2D eigenvalue weighted by Gasteiger charge is 2.36. The van der Waals surface area contributed by atoms with Crippen molar-refractivity contribution in [3.05, 3.63) is 28.2 Å². The van der Waals surface area contributed by atoms with Gasteiger partial charge in [-0.3, -0.25) is 10.1 Å². The van der Waals surface area contributed by atoms with Gasteiger partial charge >= 0.3 is 6.18 Å². The smallest absolute Gasteiger partial charge is 0.352 e. The molecule has 0 radical (unpaired) electrons. The van der Waals surface area contributed by atoms with E-state index in [9.17, 15) is 18.0 Å². The van der Waals surface area contributed by atoms with Crippen LogP contribution in [0.4, 0.5) is 25.1 Å². The summed E-state index contributed by atoms with van der Waals surface area (Å²) in [6.45, 7) is 3.00. The summed E-state index contributed by atoms with van der Waals surface area (Å²) in [5.74, 6) is -2.55. The number of rotatable bonds is 7. The molecule has 6 nitrogen and oxygen atoms in total. The first-order valence-corrected chi connectivity index (χ1v) is 8.57. The van der Waals surface area contributed by atoms with Crippen molar-refractivity contribution >= 4 is 29.1 Å². The molecule has 2 N–H and O–H groups in total. The minimum atomic E-state index is -4.73. The van der Waals surface area contributed by atoms with Crippen molar-refractivity contribution in [1.82, 2.24) is 15.0 Å². The Hall–Kier alpha value is -2.23. The van der Waals surface area contributed by atoms with Crippen LogP contribution in [0.2, 0.25) is 0 Å². The van der Waals surface area contributed by atoms with Gasteiger partial charge in [0.15, 0.2) is 0 Å². The van der Waals surface area contributed by atoms with E-state index in [2.05, 4.69) is 31.0 Å². The van der Waals surface area contributed by atoms with Crippen molar-refractivity contribution in [1.29, 1.82) is 0 Å². The Morgan fingerprint density at radius 3 is 2.60 bits per heavy atom. The number of aryl methyl sites for hydroxylation is 1. The van der Waals surface area contributed by atoms with Crippen molar-refractivity contribution < 1.29 is 18.0 Å². The van der Waals surface area contributed by atoms with Gasteiger partial charge in [-0.25, -0.2) is 0 Å². The number of amides is 1.